The van der Waals surface area contributed by atoms with Gasteiger partial charge in [-0.3, -0.25) is 14.4 Å². The second-order valence-electron chi connectivity index (χ2n) is 4.33. The molecule has 2 fully saturated rings. The van der Waals surface area contributed by atoms with Gasteiger partial charge in [-0.05, 0) is 18.3 Å². The fourth-order valence-electron chi connectivity index (χ4n) is 3.04. The molecule has 3 rings (SSSR count). The Labute approximate surface area is 90.4 Å². The zero-order valence-electron chi connectivity index (χ0n) is 8.20. The Morgan fingerprint density at radius 1 is 1.25 bits per heavy atom. The molecule has 1 saturated heterocycles. The number of hydroxylamine groups is 2. The Kier molecular flexibility index (Phi) is 1.66. The van der Waals surface area contributed by atoms with E-state index in [4.69, 9.17) is 5.11 Å². The molecule has 0 aromatic rings. The average Bonchev–Trinajstić information content (AvgIpc) is 2.87. The lowest BCUT2D eigenvalue weighted by Gasteiger charge is -2.13. The molecule has 0 spiro atoms. The maximum atomic E-state index is 11.8. The van der Waals surface area contributed by atoms with Crippen LogP contribution < -0.4 is 0 Å². The summed E-state index contributed by atoms with van der Waals surface area (Å²) < 4.78 is 0. The van der Waals surface area contributed by atoms with E-state index >= 15 is 0 Å². The molecule has 84 valence electrons. The van der Waals surface area contributed by atoms with Gasteiger partial charge in [-0.1, -0.05) is 17.2 Å². The zero-order chi connectivity index (χ0) is 11.4. The quantitative estimate of drug-likeness (QED) is 0.514. The summed E-state index contributed by atoms with van der Waals surface area (Å²) in [6.45, 7) is 0. The summed E-state index contributed by atoms with van der Waals surface area (Å²) >= 11 is 0. The first-order valence-corrected chi connectivity index (χ1v) is 5.06. The minimum Gasteiger partial charge on any atom is -0.448 e. The van der Waals surface area contributed by atoms with Gasteiger partial charge in [-0.2, -0.15) is 0 Å². The fraction of sp³-hybridized carbons (Fsp3) is 0.500. The highest BCUT2D eigenvalue weighted by atomic mass is 16.8. The van der Waals surface area contributed by atoms with Crippen LogP contribution in [0.1, 0.15) is 6.42 Å². The molecule has 4 atom stereocenters. The summed E-state index contributed by atoms with van der Waals surface area (Å²) in [5.41, 5.74) is 0. The summed E-state index contributed by atoms with van der Waals surface area (Å²) in [4.78, 5) is 38.2. The van der Waals surface area contributed by atoms with Gasteiger partial charge in [0.05, 0.1) is 11.8 Å². The first-order valence-electron chi connectivity index (χ1n) is 5.06. The van der Waals surface area contributed by atoms with E-state index in [9.17, 15) is 14.4 Å². The zero-order valence-corrected chi connectivity index (χ0v) is 8.20. The van der Waals surface area contributed by atoms with Crippen molar-refractivity contribution in [3.63, 3.8) is 0 Å². The van der Waals surface area contributed by atoms with Gasteiger partial charge in [-0.25, -0.2) is 4.79 Å². The number of fused-ring (bicyclic) bond motifs is 5. The summed E-state index contributed by atoms with van der Waals surface area (Å²) in [6, 6.07) is 0. The van der Waals surface area contributed by atoms with Gasteiger partial charge < -0.3 is 5.11 Å². The van der Waals surface area contributed by atoms with E-state index in [0.717, 1.165) is 6.42 Å². The lowest BCUT2D eigenvalue weighted by atomic mass is 9.85. The van der Waals surface area contributed by atoms with Crippen LogP contribution >= 0.6 is 0 Å². The van der Waals surface area contributed by atoms with Gasteiger partial charge in [0.1, 0.15) is 0 Å². The van der Waals surface area contributed by atoms with Crippen molar-refractivity contribution in [2.75, 3.05) is 0 Å². The van der Waals surface area contributed by atoms with Crippen molar-refractivity contribution >= 4 is 18.0 Å². The smallest absolute Gasteiger partial charge is 0.448 e. The Morgan fingerprint density at radius 3 is 2.19 bits per heavy atom. The van der Waals surface area contributed by atoms with Gasteiger partial charge in [0, 0.05) is 0 Å². The number of hydrogen-bond acceptors (Lipinski definition) is 4. The average molecular weight is 223 g/mol. The van der Waals surface area contributed by atoms with E-state index in [1.807, 2.05) is 12.2 Å². The van der Waals surface area contributed by atoms with Gasteiger partial charge in [-0.15, -0.1) is 0 Å². The first kappa shape index (κ1) is 9.38. The SMILES string of the molecule is O=C(O)ON1C(=O)[C@@H]2[C@H](C1=O)[C@H]1C=C[C@@H]2C1. The minimum absolute atomic E-state index is 0.0637. The van der Waals surface area contributed by atoms with Crippen molar-refractivity contribution in [3.05, 3.63) is 12.2 Å². The van der Waals surface area contributed by atoms with E-state index in [1.165, 1.54) is 0 Å². The first-order chi connectivity index (χ1) is 7.59. The van der Waals surface area contributed by atoms with E-state index in [1.54, 1.807) is 0 Å². The van der Waals surface area contributed by atoms with Crippen molar-refractivity contribution in [2.45, 2.75) is 6.42 Å². The standard InChI is InChI=1S/C10H9NO5/c12-8-6-4-1-2-5(3-4)7(6)9(13)11(8)16-10(14)15/h1-2,4-7H,3H2,(H,14,15)/t4-,5+,6+,7-. The van der Waals surface area contributed by atoms with Crippen LogP contribution in [0.3, 0.4) is 0 Å². The molecule has 2 amide bonds. The summed E-state index contributed by atoms with van der Waals surface area (Å²) in [5, 5.41) is 8.84. The van der Waals surface area contributed by atoms with E-state index in [0.29, 0.717) is 5.06 Å². The van der Waals surface area contributed by atoms with Crippen molar-refractivity contribution in [2.24, 2.45) is 23.7 Å². The van der Waals surface area contributed by atoms with Crippen LogP contribution in [0, 0.1) is 23.7 Å². The molecule has 0 radical (unpaired) electrons. The van der Waals surface area contributed by atoms with Crippen LogP contribution in [0.25, 0.3) is 0 Å². The van der Waals surface area contributed by atoms with Crippen LogP contribution in [-0.4, -0.2) is 28.1 Å². The highest BCUT2D eigenvalue weighted by Crippen LogP contribution is 2.52. The summed E-state index contributed by atoms with van der Waals surface area (Å²) in [6.07, 6.45) is 3.04. The highest BCUT2D eigenvalue weighted by molar-refractivity contribution is 6.05. The van der Waals surface area contributed by atoms with Gasteiger partial charge in [0.25, 0.3) is 11.8 Å². The molecule has 3 aliphatic rings. The number of rotatable bonds is 1. The molecule has 1 heterocycles. The highest BCUT2D eigenvalue weighted by Gasteiger charge is 2.60. The van der Waals surface area contributed by atoms with Gasteiger partial charge in [0.2, 0.25) is 0 Å². The molecule has 2 bridgehead atoms. The monoisotopic (exact) mass is 223 g/mol. The number of imide groups is 1. The summed E-state index contributed by atoms with van der Waals surface area (Å²) in [5.74, 6) is -1.74. The van der Waals surface area contributed by atoms with Gasteiger partial charge >= 0.3 is 6.16 Å². The molecule has 6 nitrogen and oxygen atoms in total. The second-order valence-corrected chi connectivity index (χ2v) is 4.33. The topological polar surface area (TPSA) is 83.9 Å². The van der Waals surface area contributed by atoms with Crippen LogP contribution in [0.5, 0.6) is 0 Å². The van der Waals surface area contributed by atoms with Crippen molar-refractivity contribution in [3.8, 4) is 0 Å². The van der Waals surface area contributed by atoms with Crippen LogP contribution in [0.2, 0.25) is 0 Å². The van der Waals surface area contributed by atoms with E-state index in [2.05, 4.69) is 4.84 Å². The van der Waals surface area contributed by atoms with E-state index in [-0.39, 0.29) is 11.8 Å². The Hall–Kier alpha value is -1.85. The Balaban J connectivity index is 1.91. The lowest BCUT2D eigenvalue weighted by molar-refractivity contribution is -0.178. The number of allylic oxidation sites excluding steroid dienone is 2. The molecule has 1 N–H and O–H groups in total. The molecule has 1 aliphatic heterocycles. The second kappa shape index (κ2) is 2.84. The molecule has 0 aromatic heterocycles. The molecule has 2 aliphatic carbocycles. The third-order valence-corrected chi connectivity index (χ3v) is 3.60. The number of hydrogen-bond donors (Lipinski definition) is 1. The molecular weight excluding hydrogens is 214 g/mol. The maximum Gasteiger partial charge on any atom is 0.531 e. The van der Waals surface area contributed by atoms with Crippen molar-refractivity contribution in [1.82, 2.24) is 5.06 Å². The van der Waals surface area contributed by atoms with Crippen LogP contribution in [0.15, 0.2) is 12.2 Å². The minimum atomic E-state index is -1.64. The molecule has 0 aromatic carbocycles. The molecular formula is C10H9NO5. The Morgan fingerprint density at radius 2 is 1.75 bits per heavy atom. The Bertz CT molecular complexity index is 399. The maximum absolute atomic E-state index is 11.8. The van der Waals surface area contributed by atoms with Crippen molar-refractivity contribution < 1.29 is 24.3 Å². The number of carboxylic acid groups (broad SMARTS) is 1. The fourth-order valence-corrected chi connectivity index (χ4v) is 3.04. The molecule has 1 saturated carbocycles. The molecule has 6 heteroatoms. The van der Waals surface area contributed by atoms with Crippen LogP contribution in [0.4, 0.5) is 4.79 Å². The number of nitrogens with zero attached hydrogens (tertiary/aromatic N) is 1. The number of carbonyl (C=O) groups excluding carboxylic acids is 2. The van der Waals surface area contributed by atoms with Crippen molar-refractivity contribution in [1.29, 1.82) is 0 Å². The largest absolute Gasteiger partial charge is 0.531 e. The third-order valence-electron chi connectivity index (χ3n) is 3.60. The molecule has 0 unspecified atom stereocenters. The normalized spacial score (nSPS) is 39.4. The third kappa shape index (κ3) is 0.986. The lowest BCUT2D eigenvalue weighted by Crippen LogP contribution is -2.34. The number of carbonyl (C=O) groups is 3. The van der Waals surface area contributed by atoms with Crippen LogP contribution in [-0.2, 0) is 14.4 Å². The predicted octanol–water partition coefficient (Wildman–Crippen LogP) is 0.403. The predicted molar refractivity (Wildman–Crippen MR) is 48.7 cm³/mol. The molecule has 16 heavy (non-hydrogen) atoms. The summed E-state index contributed by atoms with van der Waals surface area (Å²) in [7, 11) is 0. The van der Waals surface area contributed by atoms with Gasteiger partial charge in [0.15, 0.2) is 0 Å². The number of amides is 2. The van der Waals surface area contributed by atoms with E-state index < -0.39 is 29.8 Å².